The van der Waals surface area contributed by atoms with Gasteiger partial charge in [-0.15, -0.1) is 11.6 Å². The number of fused-ring (bicyclic) bond motifs is 1. The third kappa shape index (κ3) is 3.17. The monoisotopic (exact) mass is 306 g/mol. The molecule has 0 atom stereocenters. The summed E-state index contributed by atoms with van der Waals surface area (Å²) in [5.74, 6) is 1.02. The summed E-state index contributed by atoms with van der Waals surface area (Å²) >= 11 is 5.64. The Balaban J connectivity index is 2.57. The number of halogens is 4. The highest BCUT2D eigenvalue weighted by Crippen LogP contribution is 2.29. The molecule has 0 bridgehead atoms. The molecule has 20 heavy (non-hydrogen) atoms. The molecule has 0 saturated carbocycles. The zero-order valence-electron chi connectivity index (χ0n) is 10.9. The van der Waals surface area contributed by atoms with Crippen LogP contribution in [0.5, 0.6) is 5.75 Å². The summed E-state index contributed by atoms with van der Waals surface area (Å²) in [6.07, 6.45) is -4.03. The van der Waals surface area contributed by atoms with Crippen LogP contribution in [0, 0.1) is 0 Å². The molecular formula is C13H14ClF3N2O. The zero-order chi connectivity index (χ0) is 14.8. The fraction of sp³-hybridized carbons (Fsp3) is 0.462. The standard InChI is InChI=1S/C13H14ClF3N2O/c1-2-20-10-5-3-4-9-12(10)18-11(6-7-14)19(9)8-13(15,16)17/h3-5H,2,6-8H2,1H3. The predicted octanol–water partition coefficient (Wildman–Crippen LogP) is 3.78. The van der Waals surface area contributed by atoms with Crippen molar-refractivity contribution < 1.29 is 17.9 Å². The minimum absolute atomic E-state index is 0.213. The highest BCUT2D eigenvalue weighted by atomic mass is 35.5. The van der Waals surface area contributed by atoms with Gasteiger partial charge >= 0.3 is 6.18 Å². The second-order valence-electron chi connectivity index (χ2n) is 4.23. The maximum absolute atomic E-state index is 12.7. The number of aromatic nitrogens is 2. The Labute approximate surface area is 119 Å². The number of benzene rings is 1. The van der Waals surface area contributed by atoms with E-state index in [9.17, 15) is 13.2 Å². The van der Waals surface area contributed by atoms with E-state index in [0.717, 1.165) is 4.57 Å². The van der Waals surface area contributed by atoms with E-state index in [1.54, 1.807) is 18.2 Å². The van der Waals surface area contributed by atoms with E-state index < -0.39 is 12.7 Å². The Morgan fingerprint density at radius 3 is 2.70 bits per heavy atom. The largest absolute Gasteiger partial charge is 0.492 e. The molecule has 0 fully saturated rings. The van der Waals surface area contributed by atoms with Crippen molar-refractivity contribution in [3.63, 3.8) is 0 Å². The number of imidazole rings is 1. The van der Waals surface area contributed by atoms with E-state index in [1.807, 2.05) is 6.92 Å². The Morgan fingerprint density at radius 1 is 1.35 bits per heavy atom. The summed E-state index contributed by atoms with van der Waals surface area (Å²) in [7, 11) is 0. The van der Waals surface area contributed by atoms with Gasteiger partial charge in [-0.25, -0.2) is 4.98 Å². The SMILES string of the molecule is CCOc1cccc2c1nc(CCCl)n2CC(F)(F)F. The van der Waals surface area contributed by atoms with E-state index in [-0.39, 0.29) is 12.3 Å². The molecule has 0 spiro atoms. The zero-order valence-corrected chi connectivity index (χ0v) is 11.6. The highest BCUT2D eigenvalue weighted by Gasteiger charge is 2.30. The predicted molar refractivity (Wildman–Crippen MR) is 71.4 cm³/mol. The van der Waals surface area contributed by atoms with Crippen LogP contribution in [-0.2, 0) is 13.0 Å². The van der Waals surface area contributed by atoms with Crippen LogP contribution in [0.3, 0.4) is 0 Å². The van der Waals surface area contributed by atoms with Gasteiger partial charge in [0.05, 0.1) is 12.1 Å². The highest BCUT2D eigenvalue weighted by molar-refractivity contribution is 6.17. The lowest BCUT2D eigenvalue weighted by atomic mass is 10.3. The molecule has 2 rings (SSSR count). The molecule has 0 N–H and O–H groups in total. The first-order valence-electron chi connectivity index (χ1n) is 6.20. The van der Waals surface area contributed by atoms with Crippen LogP contribution in [0.1, 0.15) is 12.7 Å². The lowest BCUT2D eigenvalue weighted by molar-refractivity contribution is -0.140. The first-order chi connectivity index (χ1) is 9.46. The summed E-state index contributed by atoms with van der Waals surface area (Å²) in [5, 5.41) is 0. The third-order valence-electron chi connectivity index (χ3n) is 2.78. The number of hydrogen-bond acceptors (Lipinski definition) is 2. The number of rotatable bonds is 5. The molecule has 0 amide bonds. The average Bonchev–Trinajstić information content (AvgIpc) is 2.68. The van der Waals surface area contributed by atoms with Crippen LogP contribution in [0.25, 0.3) is 11.0 Å². The van der Waals surface area contributed by atoms with Crippen LogP contribution in [0.4, 0.5) is 13.2 Å². The number of aryl methyl sites for hydroxylation is 1. The Bertz CT molecular complexity index is 595. The maximum atomic E-state index is 12.7. The lowest BCUT2D eigenvalue weighted by Crippen LogP contribution is -2.19. The van der Waals surface area contributed by atoms with E-state index >= 15 is 0 Å². The molecule has 0 unspecified atom stereocenters. The van der Waals surface area contributed by atoms with Crippen molar-refractivity contribution in [2.45, 2.75) is 26.1 Å². The summed E-state index contributed by atoms with van der Waals surface area (Å²) in [6.45, 7) is 1.16. The van der Waals surface area contributed by atoms with Gasteiger partial charge in [0.1, 0.15) is 23.6 Å². The van der Waals surface area contributed by atoms with Gasteiger partial charge in [-0.1, -0.05) is 6.07 Å². The van der Waals surface area contributed by atoms with Crippen molar-refractivity contribution >= 4 is 22.6 Å². The van der Waals surface area contributed by atoms with E-state index in [1.165, 1.54) is 0 Å². The number of hydrogen-bond donors (Lipinski definition) is 0. The lowest BCUT2D eigenvalue weighted by Gasteiger charge is -2.11. The first-order valence-corrected chi connectivity index (χ1v) is 6.73. The van der Waals surface area contributed by atoms with Crippen LogP contribution >= 0.6 is 11.6 Å². The molecule has 3 nitrogen and oxygen atoms in total. The number of ether oxygens (including phenoxy) is 1. The quantitative estimate of drug-likeness (QED) is 0.786. The molecular weight excluding hydrogens is 293 g/mol. The molecule has 0 aliphatic rings. The van der Waals surface area contributed by atoms with Crippen molar-refractivity contribution in [3.8, 4) is 5.75 Å². The van der Waals surface area contributed by atoms with Gasteiger partial charge in [-0.2, -0.15) is 13.2 Å². The molecule has 0 aliphatic carbocycles. The summed E-state index contributed by atoms with van der Waals surface area (Å²) < 4.78 is 44.7. The normalized spacial score (nSPS) is 12.1. The Morgan fingerprint density at radius 2 is 2.10 bits per heavy atom. The van der Waals surface area contributed by atoms with Crippen LogP contribution in [0.2, 0.25) is 0 Å². The van der Waals surface area contributed by atoms with Gasteiger partial charge in [0.15, 0.2) is 0 Å². The van der Waals surface area contributed by atoms with Crippen molar-refractivity contribution in [1.29, 1.82) is 0 Å². The molecule has 1 aromatic carbocycles. The minimum atomic E-state index is -4.31. The van der Waals surface area contributed by atoms with Gasteiger partial charge in [0.2, 0.25) is 0 Å². The number of alkyl halides is 4. The molecule has 1 aromatic heterocycles. The van der Waals surface area contributed by atoms with E-state index in [4.69, 9.17) is 16.3 Å². The number of para-hydroxylation sites is 1. The number of nitrogens with zero attached hydrogens (tertiary/aromatic N) is 2. The first kappa shape index (κ1) is 15.0. The second kappa shape index (κ2) is 5.91. The van der Waals surface area contributed by atoms with Crippen LogP contribution in [-0.4, -0.2) is 28.2 Å². The Hall–Kier alpha value is -1.43. The molecule has 0 saturated heterocycles. The second-order valence-corrected chi connectivity index (χ2v) is 4.60. The van der Waals surface area contributed by atoms with Crippen LogP contribution in [0.15, 0.2) is 18.2 Å². The van der Waals surface area contributed by atoms with Crippen molar-refractivity contribution in [3.05, 3.63) is 24.0 Å². The topological polar surface area (TPSA) is 27.1 Å². The maximum Gasteiger partial charge on any atom is 0.406 e. The fourth-order valence-electron chi connectivity index (χ4n) is 2.07. The summed E-state index contributed by atoms with van der Waals surface area (Å²) in [4.78, 5) is 4.26. The fourth-order valence-corrected chi connectivity index (χ4v) is 2.24. The molecule has 2 aromatic rings. The smallest absolute Gasteiger partial charge is 0.406 e. The molecule has 1 heterocycles. The van der Waals surface area contributed by atoms with Gasteiger partial charge in [0, 0.05) is 12.3 Å². The molecule has 0 radical (unpaired) electrons. The molecule has 0 aliphatic heterocycles. The van der Waals surface area contributed by atoms with Crippen molar-refractivity contribution in [2.75, 3.05) is 12.5 Å². The van der Waals surface area contributed by atoms with Gasteiger partial charge in [-0.05, 0) is 19.1 Å². The third-order valence-corrected chi connectivity index (χ3v) is 2.97. The van der Waals surface area contributed by atoms with Gasteiger partial charge in [0.25, 0.3) is 0 Å². The summed E-state index contributed by atoms with van der Waals surface area (Å²) in [6, 6.07) is 4.96. The minimum Gasteiger partial charge on any atom is -0.492 e. The van der Waals surface area contributed by atoms with E-state index in [2.05, 4.69) is 4.98 Å². The average molecular weight is 307 g/mol. The van der Waals surface area contributed by atoms with Gasteiger partial charge < -0.3 is 9.30 Å². The Kier molecular flexibility index (Phi) is 4.42. The molecule has 7 heteroatoms. The van der Waals surface area contributed by atoms with Gasteiger partial charge in [-0.3, -0.25) is 0 Å². The van der Waals surface area contributed by atoms with E-state index in [0.29, 0.717) is 29.2 Å². The summed E-state index contributed by atoms with van der Waals surface area (Å²) in [5.41, 5.74) is 0.854. The van der Waals surface area contributed by atoms with Crippen LogP contribution < -0.4 is 4.74 Å². The van der Waals surface area contributed by atoms with Crippen molar-refractivity contribution in [1.82, 2.24) is 9.55 Å². The van der Waals surface area contributed by atoms with Crippen molar-refractivity contribution in [2.24, 2.45) is 0 Å². The molecule has 110 valence electrons.